The Hall–Kier alpha value is -2.08. The van der Waals surface area contributed by atoms with Gasteiger partial charge in [-0.3, -0.25) is 9.59 Å². The average Bonchev–Trinajstić information content (AvgIpc) is 2.51. The molecule has 1 atom stereocenters. The number of amides is 1. The number of ether oxygens (including phenoxy) is 2. The van der Waals surface area contributed by atoms with Gasteiger partial charge in [0, 0.05) is 10.7 Å². The molecule has 0 heterocycles. The third-order valence-corrected chi connectivity index (χ3v) is 3.06. The van der Waals surface area contributed by atoms with E-state index in [-0.39, 0.29) is 12.6 Å². The van der Waals surface area contributed by atoms with E-state index in [4.69, 9.17) is 21.1 Å². The zero-order valence-electron chi connectivity index (χ0n) is 12.8. The van der Waals surface area contributed by atoms with Crippen LogP contribution in [0, 0.1) is 5.92 Å². The van der Waals surface area contributed by atoms with E-state index in [0.29, 0.717) is 23.1 Å². The van der Waals surface area contributed by atoms with E-state index in [1.165, 1.54) is 0 Å². The summed E-state index contributed by atoms with van der Waals surface area (Å²) in [7, 11) is 0. The van der Waals surface area contributed by atoms with Gasteiger partial charge in [0.1, 0.15) is 5.75 Å². The predicted molar refractivity (Wildman–Crippen MR) is 84.0 cm³/mol. The maximum absolute atomic E-state index is 11.6. The van der Waals surface area contributed by atoms with Crippen LogP contribution in [0.25, 0.3) is 0 Å². The molecule has 0 aromatic heterocycles. The fourth-order valence-electron chi connectivity index (χ4n) is 1.40. The second-order valence-electron chi connectivity index (χ2n) is 4.50. The summed E-state index contributed by atoms with van der Waals surface area (Å²) in [5.41, 5.74) is 2.79. The molecule has 0 aliphatic rings. The summed E-state index contributed by atoms with van der Waals surface area (Å²) < 4.78 is 10.1. The molecule has 0 aliphatic heterocycles. The summed E-state index contributed by atoms with van der Waals surface area (Å²) in [6.07, 6.45) is 0. The maximum Gasteiger partial charge on any atom is 0.314 e. The lowest BCUT2D eigenvalue weighted by Gasteiger charge is -2.10. The third-order valence-electron chi connectivity index (χ3n) is 2.81. The monoisotopic (exact) mass is 326 g/mol. The van der Waals surface area contributed by atoms with Gasteiger partial charge < -0.3 is 9.47 Å². The number of benzene rings is 1. The van der Waals surface area contributed by atoms with Crippen LogP contribution in [-0.4, -0.2) is 30.8 Å². The zero-order chi connectivity index (χ0) is 16.5. The Morgan fingerprint density at radius 1 is 1.32 bits per heavy atom. The van der Waals surface area contributed by atoms with E-state index >= 15 is 0 Å². The number of rotatable bonds is 7. The van der Waals surface area contributed by atoms with Crippen molar-refractivity contribution in [2.45, 2.75) is 20.8 Å². The quantitative estimate of drug-likeness (QED) is 0.474. The zero-order valence-corrected chi connectivity index (χ0v) is 13.5. The molecule has 120 valence electrons. The van der Waals surface area contributed by atoms with E-state index in [2.05, 4.69) is 10.5 Å². The van der Waals surface area contributed by atoms with Crippen LogP contribution in [0.3, 0.4) is 0 Å². The summed E-state index contributed by atoms with van der Waals surface area (Å²) in [6, 6.07) is 6.65. The van der Waals surface area contributed by atoms with Crippen LogP contribution < -0.4 is 10.2 Å². The molecule has 0 spiro atoms. The molecule has 0 unspecified atom stereocenters. The van der Waals surface area contributed by atoms with Crippen LogP contribution in [0.5, 0.6) is 5.75 Å². The highest BCUT2D eigenvalue weighted by Crippen LogP contribution is 2.15. The number of nitrogens with one attached hydrogen (secondary N) is 1. The van der Waals surface area contributed by atoms with Crippen LogP contribution in [0.2, 0.25) is 5.02 Å². The fourth-order valence-corrected chi connectivity index (χ4v) is 1.52. The predicted octanol–water partition coefficient (Wildman–Crippen LogP) is 2.41. The lowest BCUT2D eigenvalue weighted by atomic mass is 10.1. The Labute approximate surface area is 134 Å². The molecule has 6 nitrogen and oxygen atoms in total. The van der Waals surface area contributed by atoms with Crippen LogP contribution in [0.1, 0.15) is 20.8 Å². The number of halogens is 1. The van der Waals surface area contributed by atoms with Crippen molar-refractivity contribution < 1.29 is 19.1 Å². The molecular weight excluding hydrogens is 308 g/mol. The number of carbonyl (C=O) groups excluding carboxylic acids is 2. The average molecular weight is 327 g/mol. The number of hydrogen-bond donors (Lipinski definition) is 1. The van der Waals surface area contributed by atoms with Gasteiger partial charge in [-0.05, 0) is 45.0 Å². The van der Waals surface area contributed by atoms with E-state index in [1.54, 1.807) is 45.0 Å². The Morgan fingerprint density at radius 3 is 2.55 bits per heavy atom. The van der Waals surface area contributed by atoms with Gasteiger partial charge in [-0.25, -0.2) is 5.43 Å². The molecule has 0 saturated heterocycles. The number of nitrogens with zero attached hydrogens (tertiary/aromatic N) is 1. The van der Waals surface area contributed by atoms with Crippen molar-refractivity contribution in [2.75, 3.05) is 13.2 Å². The van der Waals surface area contributed by atoms with Crippen LogP contribution >= 0.6 is 11.6 Å². The molecule has 22 heavy (non-hydrogen) atoms. The first kappa shape index (κ1) is 18.0. The maximum atomic E-state index is 11.6. The van der Waals surface area contributed by atoms with Crippen LogP contribution in [0.15, 0.2) is 29.4 Å². The molecule has 0 radical (unpaired) electrons. The van der Waals surface area contributed by atoms with Gasteiger partial charge in [-0.15, -0.1) is 0 Å². The Morgan fingerprint density at radius 2 is 1.95 bits per heavy atom. The third kappa shape index (κ3) is 6.13. The lowest BCUT2D eigenvalue weighted by Crippen LogP contribution is -2.28. The molecule has 1 N–H and O–H groups in total. The Bertz CT molecular complexity index is 543. The van der Waals surface area contributed by atoms with Crippen LogP contribution in [0.4, 0.5) is 0 Å². The molecule has 1 aromatic rings. The van der Waals surface area contributed by atoms with Crippen molar-refractivity contribution in [1.29, 1.82) is 0 Å². The summed E-state index contributed by atoms with van der Waals surface area (Å²) in [4.78, 5) is 23.1. The SMILES string of the molecule is CCOC(=O)[C@@H](C)C(C)=NNC(=O)COc1ccc(Cl)cc1. The van der Waals surface area contributed by atoms with Gasteiger partial charge >= 0.3 is 5.97 Å². The smallest absolute Gasteiger partial charge is 0.314 e. The first-order valence-electron chi connectivity index (χ1n) is 6.82. The van der Waals surface area contributed by atoms with Crippen molar-refractivity contribution in [2.24, 2.45) is 11.0 Å². The Balaban J connectivity index is 2.42. The summed E-state index contributed by atoms with van der Waals surface area (Å²) in [5, 5.41) is 4.46. The van der Waals surface area contributed by atoms with E-state index < -0.39 is 11.8 Å². The molecule has 0 saturated carbocycles. The highest BCUT2D eigenvalue weighted by atomic mass is 35.5. The molecule has 1 rings (SSSR count). The second-order valence-corrected chi connectivity index (χ2v) is 4.94. The molecule has 1 amide bonds. The molecule has 0 bridgehead atoms. The topological polar surface area (TPSA) is 77.0 Å². The molecular formula is C15H19ClN2O4. The van der Waals surface area contributed by atoms with Crippen molar-refractivity contribution >= 4 is 29.2 Å². The van der Waals surface area contributed by atoms with Gasteiger partial charge in [-0.1, -0.05) is 11.6 Å². The Kier molecular flexibility index (Phi) is 7.39. The highest BCUT2D eigenvalue weighted by molar-refractivity contribution is 6.30. The van der Waals surface area contributed by atoms with Crippen molar-refractivity contribution in [3.63, 3.8) is 0 Å². The first-order valence-corrected chi connectivity index (χ1v) is 7.19. The number of carbonyl (C=O) groups is 2. The largest absolute Gasteiger partial charge is 0.484 e. The second kappa shape index (κ2) is 9.04. The van der Waals surface area contributed by atoms with E-state index in [1.807, 2.05) is 0 Å². The molecule has 0 aliphatic carbocycles. The van der Waals surface area contributed by atoms with E-state index in [9.17, 15) is 9.59 Å². The van der Waals surface area contributed by atoms with Gasteiger partial charge in [0.05, 0.1) is 12.5 Å². The molecule has 1 aromatic carbocycles. The molecule has 7 heteroatoms. The molecule has 0 fully saturated rings. The first-order chi connectivity index (χ1) is 10.4. The highest BCUT2D eigenvalue weighted by Gasteiger charge is 2.17. The van der Waals surface area contributed by atoms with Gasteiger partial charge in [0.15, 0.2) is 6.61 Å². The van der Waals surface area contributed by atoms with Crippen molar-refractivity contribution in [3.05, 3.63) is 29.3 Å². The van der Waals surface area contributed by atoms with E-state index in [0.717, 1.165) is 0 Å². The van der Waals surface area contributed by atoms with Gasteiger partial charge in [0.25, 0.3) is 5.91 Å². The van der Waals surface area contributed by atoms with Crippen LogP contribution in [-0.2, 0) is 14.3 Å². The van der Waals surface area contributed by atoms with Gasteiger partial charge in [-0.2, -0.15) is 5.10 Å². The van der Waals surface area contributed by atoms with Crippen molar-refractivity contribution in [3.8, 4) is 5.75 Å². The standard InChI is InChI=1S/C15H19ClN2O4/c1-4-21-15(20)10(2)11(3)17-18-14(19)9-22-13-7-5-12(16)6-8-13/h5-8,10H,4,9H2,1-3H3,(H,18,19)/t10-/m0/s1. The van der Waals surface area contributed by atoms with Gasteiger partial charge in [0.2, 0.25) is 0 Å². The lowest BCUT2D eigenvalue weighted by molar-refractivity contribution is -0.145. The minimum Gasteiger partial charge on any atom is -0.484 e. The fraction of sp³-hybridized carbons (Fsp3) is 0.400. The normalized spacial score (nSPS) is 12.5. The summed E-state index contributed by atoms with van der Waals surface area (Å²) in [6.45, 7) is 5.14. The van der Waals surface area contributed by atoms with Crippen molar-refractivity contribution in [1.82, 2.24) is 5.43 Å². The number of esters is 1. The summed E-state index contributed by atoms with van der Waals surface area (Å²) >= 11 is 5.75. The number of hydrazone groups is 1. The minimum atomic E-state index is -0.516. The number of hydrogen-bond acceptors (Lipinski definition) is 5. The minimum absolute atomic E-state index is 0.188. The summed E-state index contributed by atoms with van der Waals surface area (Å²) in [5.74, 6) is -0.793.